The molecule has 0 bridgehead atoms. The number of unbranched alkanes of at least 4 members (excludes halogenated alkanes) is 2. The molecule has 112 valence electrons. The Morgan fingerprint density at radius 1 is 1.21 bits per heavy atom. The maximum atomic E-state index is 11.4. The first kappa shape index (κ1) is 18.7. The lowest BCUT2D eigenvalue weighted by molar-refractivity contribution is -0.144. The van der Waals surface area contributed by atoms with Crippen LogP contribution in [0.25, 0.3) is 0 Å². The topological polar surface area (TPSA) is 26.3 Å². The van der Waals surface area contributed by atoms with Crippen LogP contribution >= 0.6 is 15.9 Å². The van der Waals surface area contributed by atoms with E-state index in [-0.39, 0.29) is 5.97 Å². The Labute approximate surface area is 127 Å². The van der Waals surface area contributed by atoms with E-state index in [4.69, 9.17) is 4.74 Å². The molecule has 0 saturated carbocycles. The van der Waals surface area contributed by atoms with E-state index in [9.17, 15) is 4.79 Å². The molecule has 0 spiro atoms. The second-order valence-electron chi connectivity index (χ2n) is 5.47. The summed E-state index contributed by atoms with van der Waals surface area (Å²) in [5.74, 6) is 0.586. The van der Waals surface area contributed by atoms with Crippen LogP contribution in [0.3, 0.4) is 0 Å². The van der Waals surface area contributed by atoms with Crippen molar-refractivity contribution in [2.45, 2.75) is 65.7 Å². The minimum absolute atomic E-state index is 0.0360. The molecule has 0 aromatic rings. The highest BCUT2D eigenvalue weighted by molar-refractivity contribution is 9.09. The second kappa shape index (κ2) is 12.7. The number of hydrogen-bond donors (Lipinski definition) is 0. The lowest BCUT2D eigenvalue weighted by atomic mass is 10.0. The number of halogens is 1. The highest BCUT2D eigenvalue weighted by Gasteiger charge is 2.05. The van der Waals surface area contributed by atoms with E-state index in [0.29, 0.717) is 18.9 Å². The van der Waals surface area contributed by atoms with Gasteiger partial charge in [-0.15, -0.1) is 0 Å². The van der Waals surface area contributed by atoms with Crippen LogP contribution in [0, 0.1) is 5.92 Å². The maximum absolute atomic E-state index is 11.4. The molecule has 0 aromatic heterocycles. The molecule has 19 heavy (non-hydrogen) atoms. The summed E-state index contributed by atoms with van der Waals surface area (Å²) in [6, 6.07) is 0. The van der Waals surface area contributed by atoms with Crippen molar-refractivity contribution < 1.29 is 9.53 Å². The maximum Gasteiger partial charge on any atom is 0.305 e. The van der Waals surface area contributed by atoms with Gasteiger partial charge in [-0.25, -0.2) is 0 Å². The molecule has 1 unspecified atom stereocenters. The van der Waals surface area contributed by atoms with E-state index in [0.717, 1.165) is 37.4 Å². The molecule has 0 fully saturated rings. The largest absolute Gasteiger partial charge is 0.466 e. The average Bonchev–Trinajstić information content (AvgIpc) is 2.34. The molecule has 0 aliphatic heterocycles. The van der Waals surface area contributed by atoms with Crippen molar-refractivity contribution >= 4 is 21.9 Å². The molecular weight excluding hydrogens is 304 g/mol. The molecule has 0 N–H and O–H groups in total. The number of carbonyl (C=O) groups is 1. The Morgan fingerprint density at radius 3 is 2.58 bits per heavy atom. The van der Waals surface area contributed by atoms with E-state index in [2.05, 4.69) is 42.8 Å². The molecule has 3 heteroatoms. The number of allylic oxidation sites excluding steroid dienone is 2. The van der Waals surface area contributed by atoms with E-state index >= 15 is 0 Å². The van der Waals surface area contributed by atoms with Gasteiger partial charge in [-0.2, -0.15) is 0 Å². The van der Waals surface area contributed by atoms with Gasteiger partial charge in [-0.1, -0.05) is 40.9 Å². The standard InChI is InChI=1S/C16H29BrO2/c1-14(2)8-7-9-15(3)11-13-19-16(18)10-5-4-6-12-17/h8,15H,4-7,9-13H2,1-3H3. The van der Waals surface area contributed by atoms with E-state index in [1.54, 1.807) is 0 Å². The second-order valence-corrected chi connectivity index (χ2v) is 6.27. The summed E-state index contributed by atoms with van der Waals surface area (Å²) in [5.41, 5.74) is 1.38. The van der Waals surface area contributed by atoms with Crippen LogP contribution in [0.5, 0.6) is 0 Å². The summed E-state index contributed by atoms with van der Waals surface area (Å²) in [6.07, 6.45) is 9.29. The van der Waals surface area contributed by atoms with E-state index < -0.39 is 0 Å². The molecule has 0 amide bonds. The van der Waals surface area contributed by atoms with Crippen LogP contribution in [-0.4, -0.2) is 17.9 Å². The molecule has 0 radical (unpaired) electrons. The zero-order chi connectivity index (χ0) is 14.5. The van der Waals surface area contributed by atoms with Gasteiger partial charge in [-0.05, 0) is 51.9 Å². The number of hydrogen-bond acceptors (Lipinski definition) is 2. The number of carbonyl (C=O) groups excluding carboxylic acids is 1. The fraction of sp³-hybridized carbons (Fsp3) is 0.812. The van der Waals surface area contributed by atoms with Gasteiger partial charge < -0.3 is 4.74 Å². The first-order chi connectivity index (χ1) is 9.06. The van der Waals surface area contributed by atoms with Gasteiger partial charge in [-0.3, -0.25) is 4.79 Å². The Bertz CT molecular complexity index is 257. The summed E-state index contributed by atoms with van der Waals surface area (Å²) in [5, 5.41) is 1.02. The summed E-state index contributed by atoms with van der Waals surface area (Å²) >= 11 is 3.38. The number of esters is 1. The fourth-order valence-electron chi connectivity index (χ4n) is 1.79. The molecule has 2 nitrogen and oxygen atoms in total. The Balaban J connectivity index is 3.45. The lowest BCUT2D eigenvalue weighted by Crippen LogP contribution is -2.08. The molecule has 0 aliphatic carbocycles. The minimum atomic E-state index is -0.0360. The monoisotopic (exact) mass is 332 g/mol. The van der Waals surface area contributed by atoms with Gasteiger partial charge in [0.15, 0.2) is 0 Å². The van der Waals surface area contributed by atoms with Gasteiger partial charge >= 0.3 is 5.97 Å². The molecule has 0 aromatic carbocycles. The highest BCUT2D eigenvalue weighted by atomic mass is 79.9. The first-order valence-corrected chi connectivity index (χ1v) is 8.53. The summed E-state index contributed by atoms with van der Waals surface area (Å²) in [6.45, 7) is 7.06. The van der Waals surface area contributed by atoms with E-state index in [1.807, 2.05) is 0 Å². The molecule has 1 atom stereocenters. The van der Waals surface area contributed by atoms with Crippen molar-refractivity contribution in [3.8, 4) is 0 Å². The van der Waals surface area contributed by atoms with Gasteiger partial charge in [0, 0.05) is 11.8 Å². The average molecular weight is 333 g/mol. The third-order valence-corrected chi connectivity index (χ3v) is 3.66. The van der Waals surface area contributed by atoms with Gasteiger partial charge in [0.2, 0.25) is 0 Å². The van der Waals surface area contributed by atoms with Crippen LogP contribution in [-0.2, 0) is 9.53 Å². The highest BCUT2D eigenvalue weighted by Crippen LogP contribution is 2.12. The number of ether oxygens (including phenoxy) is 1. The lowest BCUT2D eigenvalue weighted by Gasteiger charge is -2.10. The molecule has 0 aliphatic rings. The van der Waals surface area contributed by atoms with Gasteiger partial charge in [0.25, 0.3) is 0 Å². The fourth-order valence-corrected chi connectivity index (χ4v) is 2.18. The predicted octanol–water partition coefficient (Wildman–Crippen LogP) is 5.26. The number of alkyl halides is 1. The Kier molecular flexibility index (Phi) is 12.5. The third-order valence-electron chi connectivity index (χ3n) is 3.10. The minimum Gasteiger partial charge on any atom is -0.466 e. The molecular formula is C16H29BrO2. The third kappa shape index (κ3) is 13.9. The van der Waals surface area contributed by atoms with Crippen molar-refractivity contribution in [1.82, 2.24) is 0 Å². The van der Waals surface area contributed by atoms with Crippen LogP contribution in [0.2, 0.25) is 0 Å². The van der Waals surface area contributed by atoms with E-state index in [1.165, 1.54) is 12.0 Å². The van der Waals surface area contributed by atoms with Gasteiger partial charge in [0.1, 0.15) is 0 Å². The van der Waals surface area contributed by atoms with Crippen LogP contribution in [0.4, 0.5) is 0 Å². The van der Waals surface area contributed by atoms with Crippen molar-refractivity contribution in [3.63, 3.8) is 0 Å². The zero-order valence-corrected chi connectivity index (χ0v) is 14.3. The zero-order valence-electron chi connectivity index (χ0n) is 12.7. The van der Waals surface area contributed by atoms with Crippen LogP contribution in [0.15, 0.2) is 11.6 Å². The Morgan fingerprint density at radius 2 is 1.95 bits per heavy atom. The summed E-state index contributed by atoms with van der Waals surface area (Å²) < 4.78 is 5.25. The SMILES string of the molecule is CC(C)=CCCC(C)CCOC(=O)CCCCCBr. The Hall–Kier alpha value is -0.310. The summed E-state index contributed by atoms with van der Waals surface area (Å²) in [7, 11) is 0. The van der Waals surface area contributed by atoms with Crippen molar-refractivity contribution in [1.29, 1.82) is 0 Å². The first-order valence-electron chi connectivity index (χ1n) is 7.41. The smallest absolute Gasteiger partial charge is 0.305 e. The summed E-state index contributed by atoms with van der Waals surface area (Å²) in [4.78, 5) is 11.4. The molecule has 0 rings (SSSR count). The molecule has 0 saturated heterocycles. The number of rotatable bonds is 11. The van der Waals surface area contributed by atoms with Crippen molar-refractivity contribution in [3.05, 3.63) is 11.6 Å². The van der Waals surface area contributed by atoms with Crippen molar-refractivity contribution in [2.24, 2.45) is 5.92 Å². The van der Waals surface area contributed by atoms with Crippen molar-refractivity contribution in [2.75, 3.05) is 11.9 Å². The predicted molar refractivity (Wildman–Crippen MR) is 85.7 cm³/mol. The quantitative estimate of drug-likeness (QED) is 0.223. The van der Waals surface area contributed by atoms with Crippen LogP contribution in [0.1, 0.15) is 65.7 Å². The van der Waals surface area contributed by atoms with Gasteiger partial charge in [0.05, 0.1) is 6.61 Å². The molecule has 0 heterocycles. The normalized spacial score (nSPS) is 12.0. The van der Waals surface area contributed by atoms with Crippen LogP contribution < -0.4 is 0 Å².